The average Bonchev–Trinajstić information content (AvgIpc) is 2.43. The molecule has 5 heteroatoms. The van der Waals surface area contributed by atoms with Gasteiger partial charge in [-0.25, -0.2) is 4.98 Å². The van der Waals surface area contributed by atoms with Gasteiger partial charge < -0.3 is 10.6 Å². The summed E-state index contributed by atoms with van der Waals surface area (Å²) in [4.78, 5) is 16.5. The Morgan fingerprint density at radius 2 is 1.80 bits per heavy atom. The maximum Gasteiger partial charge on any atom is 0.275 e. The van der Waals surface area contributed by atoms with E-state index < -0.39 is 0 Å². The first-order valence-electron chi connectivity index (χ1n) is 6.25. The minimum absolute atomic E-state index is 0.209. The van der Waals surface area contributed by atoms with Crippen molar-refractivity contribution in [1.29, 1.82) is 0 Å². The van der Waals surface area contributed by atoms with Gasteiger partial charge in [0.1, 0.15) is 11.5 Å². The molecule has 0 aliphatic carbocycles. The van der Waals surface area contributed by atoms with Crippen molar-refractivity contribution in [1.82, 2.24) is 4.98 Å². The van der Waals surface area contributed by atoms with Crippen molar-refractivity contribution >= 4 is 29.0 Å². The molecule has 2 aromatic rings. The fraction of sp³-hybridized carbons (Fsp3) is 0.200. The van der Waals surface area contributed by atoms with E-state index in [1.807, 2.05) is 32.0 Å². The van der Waals surface area contributed by atoms with Crippen molar-refractivity contribution in [2.45, 2.75) is 13.8 Å². The highest BCUT2D eigenvalue weighted by Crippen LogP contribution is 2.22. The summed E-state index contributed by atoms with van der Waals surface area (Å²) in [5.74, 6) is 0.283. The topological polar surface area (TPSA) is 54.0 Å². The third-order valence-electron chi connectivity index (χ3n) is 3.04. The molecule has 1 aromatic carbocycles. The number of hydrogen-bond acceptors (Lipinski definition) is 3. The van der Waals surface area contributed by atoms with E-state index in [-0.39, 0.29) is 11.6 Å². The van der Waals surface area contributed by atoms with Crippen LogP contribution in [0.25, 0.3) is 0 Å². The molecule has 1 aromatic heterocycles. The summed E-state index contributed by atoms with van der Waals surface area (Å²) in [5, 5.41) is 6.09. The Kier molecular flexibility index (Phi) is 4.25. The van der Waals surface area contributed by atoms with Crippen molar-refractivity contribution in [3.63, 3.8) is 0 Å². The van der Waals surface area contributed by atoms with Gasteiger partial charge in [-0.1, -0.05) is 29.8 Å². The molecule has 0 saturated carbocycles. The van der Waals surface area contributed by atoms with E-state index >= 15 is 0 Å². The maximum absolute atomic E-state index is 12.3. The Morgan fingerprint density at radius 1 is 1.15 bits per heavy atom. The number of rotatable bonds is 3. The first-order chi connectivity index (χ1) is 9.52. The SMILES string of the molecule is CNc1ccc(Cl)c(C(=O)Nc2c(C)cccc2C)n1. The van der Waals surface area contributed by atoms with E-state index in [1.165, 1.54) is 0 Å². The van der Waals surface area contributed by atoms with Gasteiger partial charge in [0.05, 0.1) is 5.02 Å². The Morgan fingerprint density at radius 3 is 2.40 bits per heavy atom. The summed E-state index contributed by atoms with van der Waals surface area (Å²) < 4.78 is 0. The van der Waals surface area contributed by atoms with Crippen LogP contribution in [0.2, 0.25) is 5.02 Å². The molecule has 0 radical (unpaired) electrons. The number of nitrogens with zero attached hydrogens (tertiary/aromatic N) is 1. The number of nitrogens with one attached hydrogen (secondary N) is 2. The standard InChI is InChI=1S/C15H16ClN3O/c1-9-5-4-6-10(2)13(9)19-15(20)14-11(16)7-8-12(17-3)18-14/h4-8H,1-3H3,(H,17,18)(H,19,20). The number of aryl methyl sites for hydroxylation is 2. The third kappa shape index (κ3) is 2.91. The lowest BCUT2D eigenvalue weighted by Gasteiger charge is -2.12. The molecular formula is C15H16ClN3O. The summed E-state index contributed by atoms with van der Waals surface area (Å²) in [5.41, 5.74) is 3.00. The molecule has 20 heavy (non-hydrogen) atoms. The van der Waals surface area contributed by atoms with E-state index in [4.69, 9.17) is 11.6 Å². The third-order valence-corrected chi connectivity index (χ3v) is 3.34. The fourth-order valence-corrected chi connectivity index (χ4v) is 2.12. The van der Waals surface area contributed by atoms with Gasteiger partial charge in [0.25, 0.3) is 5.91 Å². The summed E-state index contributed by atoms with van der Waals surface area (Å²) in [6.07, 6.45) is 0. The lowest BCUT2D eigenvalue weighted by atomic mass is 10.1. The number of amides is 1. The first kappa shape index (κ1) is 14.3. The highest BCUT2D eigenvalue weighted by molar-refractivity contribution is 6.34. The molecule has 0 aliphatic rings. The molecule has 0 aliphatic heterocycles. The van der Waals surface area contributed by atoms with Gasteiger partial charge in [0.15, 0.2) is 0 Å². The van der Waals surface area contributed by atoms with Crippen molar-refractivity contribution in [3.8, 4) is 0 Å². The summed E-state index contributed by atoms with van der Waals surface area (Å²) >= 11 is 6.04. The number of pyridine rings is 1. The zero-order chi connectivity index (χ0) is 14.7. The van der Waals surface area contributed by atoms with Gasteiger partial charge in [-0.2, -0.15) is 0 Å². The molecule has 0 unspecified atom stereocenters. The smallest absolute Gasteiger partial charge is 0.275 e. The van der Waals surface area contributed by atoms with Gasteiger partial charge in [-0.15, -0.1) is 0 Å². The van der Waals surface area contributed by atoms with Crippen LogP contribution >= 0.6 is 11.6 Å². The monoisotopic (exact) mass is 289 g/mol. The van der Waals surface area contributed by atoms with Crippen LogP contribution < -0.4 is 10.6 Å². The second kappa shape index (κ2) is 5.92. The molecule has 2 rings (SSSR count). The molecule has 2 N–H and O–H groups in total. The van der Waals surface area contributed by atoms with Crippen molar-refractivity contribution < 1.29 is 4.79 Å². The minimum atomic E-state index is -0.315. The first-order valence-corrected chi connectivity index (χ1v) is 6.62. The van der Waals surface area contributed by atoms with E-state index in [9.17, 15) is 4.79 Å². The summed E-state index contributed by atoms with van der Waals surface area (Å²) in [6, 6.07) is 9.22. The van der Waals surface area contributed by atoms with Crippen molar-refractivity contribution in [2.24, 2.45) is 0 Å². The van der Waals surface area contributed by atoms with Crippen LogP contribution in [0.3, 0.4) is 0 Å². The number of aromatic nitrogens is 1. The van der Waals surface area contributed by atoms with E-state index in [2.05, 4.69) is 15.6 Å². The Hall–Kier alpha value is -2.07. The van der Waals surface area contributed by atoms with Crippen LogP contribution in [-0.2, 0) is 0 Å². The van der Waals surface area contributed by atoms with Crippen LogP contribution in [0.1, 0.15) is 21.6 Å². The molecule has 0 bridgehead atoms. The largest absolute Gasteiger partial charge is 0.373 e. The molecule has 0 atom stereocenters. The Balaban J connectivity index is 2.33. The van der Waals surface area contributed by atoms with Gasteiger partial charge in [-0.05, 0) is 37.1 Å². The normalized spacial score (nSPS) is 10.2. The van der Waals surface area contributed by atoms with Gasteiger partial charge in [0.2, 0.25) is 0 Å². The van der Waals surface area contributed by atoms with E-state index in [0.29, 0.717) is 10.8 Å². The van der Waals surface area contributed by atoms with Crippen LogP contribution in [0.4, 0.5) is 11.5 Å². The quantitative estimate of drug-likeness (QED) is 0.907. The zero-order valence-electron chi connectivity index (χ0n) is 11.6. The predicted molar refractivity (Wildman–Crippen MR) is 82.7 cm³/mol. The number of carbonyl (C=O) groups excluding carboxylic acids is 1. The number of hydrogen-bond donors (Lipinski definition) is 2. The average molecular weight is 290 g/mol. The van der Waals surface area contributed by atoms with Crippen LogP contribution in [0, 0.1) is 13.8 Å². The maximum atomic E-state index is 12.3. The molecule has 4 nitrogen and oxygen atoms in total. The van der Waals surface area contributed by atoms with Crippen molar-refractivity contribution in [2.75, 3.05) is 17.7 Å². The number of halogens is 1. The highest BCUT2D eigenvalue weighted by atomic mass is 35.5. The van der Waals surface area contributed by atoms with Crippen LogP contribution in [-0.4, -0.2) is 17.9 Å². The summed E-state index contributed by atoms with van der Waals surface area (Å²) in [7, 11) is 1.74. The van der Waals surface area contributed by atoms with E-state index in [1.54, 1.807) is 19.2 Å². The molecule has 104 valence electrons. The Bertz CT molecular complexity index is 635. The zero-order valence-corrected chi connectivity index (χ0v) is 12.4. The van der Waals surface area contributed by atoms with Gasteiger partial charge in [-0.3, -0.25) is 4.79 Å². The summed E-state index contributed by atoms with van der Waals surface area (Å²) in [6.45, 7) is 3.89. The minimum Gasteiger partial charge on any atom is -0.373 e. The number of para-hydroxylation sites is 1. The van der Waals surface area contributed by atoms with Gasteiger partial charge >= 0.3 is 0 Å². The molecule has 0 saturated heterocycles. The lowest BCUT2D eigenvalue weighted by Crippen LogP contribution is -2.16. The number of benzene rings is 1. The Labute approximate surface area is 123 Å². The number of carbonyl (C=O) groups is 1. The molecule has 0 fully saturated rings. The van der Waals surface area contributed by atoms with Gasteiger partial charge in [0, 0.05) is 12.7 Å². The molecule has 1 heterocycles. The molecule has 1 amide bonds. The van der Waals surface area contributed by atoms with E-state index in [0.717, 1.165) is 16.8 Å². The predicted octanol–water partition coefficient (Wildman–Crippen LogP) is 3.65. The molecule has 0 spiro atoms. The lowest BCUT2D eigenvalue weighted by molar-refractivity contribution is 0.102. The van der Waals surface area contributed by atoms with Crippen LogP contribution in [0.15, 0.2) is 30.3 Å². The number of anilines is 2. The van der Waals surface area contributed by atoms with Crippen molar-refractivity contribution in [3.05, 3.63) is 52.2 Å². The second-order valence-corrected chi connectivity index (χ2v) is 4.91. The fourth-order valence-electron chi connectivity index (χ4n) is 1.92. The van der Waals surface area contributed by atoms with Crippen LogP contribution in [0.5, 0.6) is 0 Å². The second-order valence-electron chi connectivity index (χ2n) is 4.50. The highest BCUT2D eigenvalue weighted by Gasteiger charge is 2.15. The molecular weight excluding hydrogens is 274 g/mol.